The molecule has 0 atom stereocenters. The summed E-state index contributed by atoms with van der Waals surface area (Å²) in [6.07, 6.45) is -0.288. The zero-order chi connectivity index (χ0) is 16.1. The Morgan fingerprint density at radius 1 is 1.14 bits per heavy atom. The van der Waals surface area contributed by atoms with Crippen molar-refractivity contribution in [3.63, 3.8) is 0 Å². The molecule has 2 N–H and O–H groups in total. The third kappa shape index (κ3) is 2.22. The molecule has 3 rings (SSSR count). The van der Waals surface area contributed by atoms with Gasteiger partial charge in [-0.15, -0.1) is 0 Å². The van der Waals surface area contributed by atoms with Crippen molar-refractivity contribution in [3.8, 4) is 16.9 Å². The molecule has 3 aromatic heterocycles. The Morgan fingerprint density at radius 2 is 1.86 bits per heavy atom. The maximum atomic E-state index is 13.3. The van der Waals surface area contributed by atoms with Crippen LogP contribution in [0.2, 0.25) is 0 Å². The lowest BCUT2D eigenvalue weighted by Gasteiger charge is -2.04. The van der Waals surface area contributed by atoms with Crippen LogP contribution in [0.5, 0.6) is 0 Å². The highest BCUT2D eigenvalue weighted by Gasteiger charge is 2.40. The molecule has 0 radical (unpaired) electrons. The Labute approximate surface area is 122 Å². The van der Waals surface area contributed by atoms with E-state index in [1.807, 2.05) is 0 Å². The Kier molecular flexibility index (Phi) is 2.97. The van der Waals surface area contributed by atoms with Gasteiger partial charge in [-0.1, -0.05) is 0 Å². The lowest BCUT2D eigenvalue weighted by molar-refractivity contribution is -0.140. The van der Waals surface area contributed by atoms with E-state index in [1.165, 1.54) is 27.8 Å². The van der Waals surface area contributed by atoms with Gasteiger partial charge in [0.2, 0.25) is 0 Å². The number of alkyl halides is 3. The molecule has 0 aliphatic carbocycles. The van der Waals surface area contributed by atoms with Crippen LogP contribution in [0.25, 0.3) is 16.9 Å². The third-order valence-electron chi connectivity index (χ3n) is 3.10. The van der Waals surface area contributed by atoms with E-state index in [-0.39, 0.29) is 22.8 Å². The number of nitrogen functional groups attached to an aromatic ring is 1. The van der Waals surface area contributed by atoms with Crippen LogP contribution in [0, 0.1) is 0 Å². The van der Waals surface area contributed by atoms with E-state index in [0.717, 1.165) is 4.68 Å². The van der Waals surface area contributed by atoms with E-state index in [0.29, 0.717) is 0 Å². The first-order valence-electron chi connectivity index (χ1n) is 6.22. The molecule has 0 bridgehead atoms. The number of aryl methyl sites for hydroxylation is 2. The molecule has 7 nitrogen and oxygen atoms in total. The van der Waals surface area contributed by atoms with Gasteiger partial charge < -0.3 is 5.73 Å². The lowest BCUT2D eigenvalue weighted by Crippen LogP contribution is -2.09. The van der Waals surface area contributed by atoms with Crippen LogP contribution >= 0.6 is 0 Å². The lowest BCUT2D eigenvalue weighted by atomic mass is 10.1. The van der Waals surface area contributed by atoms with Crippen LogP contribution in [0.3, 0.4) is 0 Å². The van der Waals surface area contributed by atoms with Gasteiger partial charge in [-0.2, -0.15) is 33.1 Å². The molecule has 0 saturated heterocycles. The SMILES string of the molecule is Cn1cc(-c2c(C(F)(F)F)nn(-c3ccn(C)n3)c2N)cn1. The molecule has 0 unspecified atom stereocenters. The maximum Gasteiger partial charge on any atom is 0.435 e. The number of halogens is 3. The van der Waals surface area contributed by atoms with Crippen molar-refractivity contribution in [2.45, 2.75) is 6.18 Å². The minimum absolute atomic E-state index is 0.140. The highest BCUT2D eigenvalue weighted by Crippen LogP contribution is 2.40. The second kappa shape index (κ2) is 4.61. The fourth-order valence-corrected chi connectivity index (χ4v) is 2.15. The quantitative estimate of drug-likeness (QED) is 0.780. The average Bonchev–Trinajstić information content (AvgIpc) is 3.08. The van der Waals surface area contributed by atoms with Gasteiger partial charge >= 0.3 is 6.18 Å². The van der Waals surface area contributed by atoms with Crippen molar-refractivity contribution in [1.82, 2.24) is 29.3 Å². The predicted molar refractivity (Wildman–Crippen MR) is 71.9 cm³/mol. The molecule has 0 amide bonds. The monoisotopic (exact) mass is 311 g/mol. The summed E-state index contributed by atoms with van der Waals surface area (Å²) in [7, 11) is 3.26. The summed E-state index contributed by atoms with van der Waals surface area (Å²) in [6.45, 7) is 0. The fourth-order valence-electron chi connectivity index (χ4n) is 2.15. The first kappa shape index (κ1) is 14.2. The molecular weight excluding hydrogens is 299 g/mol. The van der Waals surface area contributed by atoms with Gasteiger partial charge in [0.25, 0.3) is 0 Å². The van der Waals surface area contributed by atoms with Gasteiger partial charge in [0.05, 0.1) is 11.8 Å². The van der Waals surface area contributed by atoms with Crippen molar-refractivity contribution in [3.05, 3.63) is 30.4 Å². The van der Waals surface area contributed by atoms with Crippen molar-refractivity contribution >= 4 is 5.82 Å². The minimum atomic E-state index is -4.64. The van der Waals surface area contributed by atoms with Gasteiger partial charge in [0, 0.05) is 38.1 Å². The highest BCUT2D eigenvalue weighted by atomic mass is 19.4. The zero-order valence-electron chi connectivity index (χ0n) is 11.7. The molecule has 0 fully saturated rings. The van der Waals surface area contributed by atoms with Crippen molar-refractivity contribution in [2.75, 3.05) is 5.73 Å². The summed E-state index contributed by atoms with van der Waals surface area (Å²) >= 11 is 0. The molecular formula is C12H12F3N7. The van der Waals surface area contributed by atoms with E-state index < -0.39 is 11.9 Å². The average molecular weight is 311 g/mol. The second-order valence-corrected chi connectivity index (χ2v) is 4.77. The first-order valence-corrected chi connectivity index (χ1v) is 6.22. The number of nitrogens with two attached hydrogens (primary N) is 1. The smallest absolute Gasteiger partial charge is 0.383 e. The topological polar surface area (TPSA) is 79.5 Å². The van der Waals surface area contributed by atoms with Gasteiger partial charge in [-0.05, 0) is 0 Å². The number of rotatable bonds is 2. The first-order chi connectivity index (χ1) is 10.3. The molecule has 3 aromatic rings. The summed E-state index contributed by atoms with van der Waals surface area (Å²) in [5.41, 5.74) is 4.87. The predicted octanol–water partition coefficient (Wildman–Crippen LogP) is 1.61. The number of aromatic nitrogens is 6. The standard InChI is InChI=1S/C12H12F3N7/c1-20-4-3-8(18-20)22-11(16)9(7-5-17-21(2)6-7)10(19-22)12(13,14)15/h3-6H,16H2,1-2H3. The van der Waals surface area contributed by atoms with Crippen LogP contribution in [-0.2, 0) is 20.3 Å². The van der Waals surface area contributed by atoms with Crippen LogP contribution in [0.15, 0.2) is 24.7 Å². The Balaban J connectivity index is 2.25. The normalized spacial score (nSPS) is 12.0. The maximum absolute atomic E-state index is 13.3. The van der Waals surface area contributed by atoms with E-state index >= 15 is 0 Å². The number of nitrogens with zero attached hydrogens (tertiary/aromatic N) is 6. The van der Waals surface area contributed by atoms with Crippen LogP contribution in [0.4, 0.5) is 19.0 Å². The fraction of sp³-hybridized carbons (Fsp3) is 0.250. The summed E-state index contributed by atoms with van der Waals surface area (Å²) in [4.78, 5) is 0. The molecule has 10 heteroatoms. The largest absolute Gasteiger partial charge is 0.435 e. The van der Waals surface area contributed by atoms with Crippen LogP contribution < -0.4 is 5.73 Å². The number of anilines is 1. The van der Waals surface area contributed by atoms with Gasteiger partial charge in [-0.3, -0.25) is 9.36 Å². The minimum Gasteiger partial charge on any atom is -0.383 e. The second-order valence-electron chi connectivity index (χ2n) is 4.77. The molecule has 22 heavy (non-hydrogen) atoms. The van der Waals surface area contributed by atoms with Crippen molar-refractivity contribution < 1.29 is 13.2 Å². The summed E-state index contributed by atoms with van der Waals surface area (Å²) in [6, 6.07) is 1.52. The van der Waals surface area contributed by atoms with Crippen LogP contribution in [0.1, 0.15) is 5.69 Å². The zero-order valence-corrected chi connectivity index (χ0v) is 11.7. The Hall–Kier alpha value is -2.78. The number of hydrogen-bond acceptors (Lipinski definition) is 4. The molecule has 116 valence electrons. The molecule has 0 spiro atoms. The number of hydrogen-bond donors (Lipinski definition) is 1. The summed E-state index contributed by atoms with van der Waals surface area (Å²) in [5, 5.41) is 11.5. The Bertz CT molecular complexity index is 824. The summed E-state index contributed by atoms with van der Waals surface area (Å²) in [5.74, 6) is 0.0691. The van der Waals surface area contributed by atoms with Gasteiger partial charge in [0.1, 0.15) is 5.82 Å². The molecule has 0 saturated carbocycles. The highest BCUT2D eigenvalue weighted by molar-refractivity contribution is 5.77. The van der Waals surface area contributed by atoms with Gasteiger partial charge in [-0.25, -0.2) is 0 Å². The van der Waals surface area contributed by atoms with E-state index in [9.17, 15) is 13.2 Å². The molecule has 3 heterocycles. The molecule has 0 aliphatic heterocycles. The van der Waals surface area contributed by atoms with Gasteiger partial charge in [0.15, 0.2) is 11.5 Å². The van der Waals surface area contributed by atoms with E-state index in [4.69, 9.17) is 5.73 Å². The Morgan fingerprint density at radius 3 is 2.36 bits per heavy atom. The van der Waals surface area contributed by atoms with E-state index in [1.54, 1.807) is 20.3 Å². The molecule has 0 aromatic carbocycles. The van der Waals surface area contributed by atoms with Crippen molar-refractivity contribution in [1.29, 1.82) is 0 Å². The van der Waals surface area contributed by atoms with Crippen LogP contribution in [-0.4, -0.2) is 29.3 Å². The molecule has 0 aliphatic rings. The third-order valence-corrected chi connectivity index (χ3v) is 3.10. The van der Waals surface area contributed by atoms with E-state index in [2.05, 4.69) is 15.3 Å². The summed E-state index contributed by atoms with van der Waals surface area (Å²) < 4.78 is 43.6. The van der Waals surface area contributed by atoms with Crippen molar-refractivity contribution in [2.24, 2.45) is 14.1 Å².